The molecule has 0 aliphatic carbocycles. The van der Waals surface area contributed by atoms with E-state index in [1.807, 2.05) is 0 Å². The van der Waals surface area contributed by atoms with Crippen molar-refractivity contribution in [1.29, 1.82) is 0 Å². The molecule has 7 heteroatoms. The number of carbonyl (C=O) groups is 1. The normalized spacial score (nSPS) is 11.1. The van der Waals surface area contributed by atoms with Crippen LogP contribution in [0.25, 0.3) is 5.57 Å². The zero-order valence-electron chi connectivity index (χ0n) is 14.0. The molecule has 0 saturated carbocycles. The van der Waals surface area contributed by atoms with E-state index in [0.29, 0.717) is 27.5 Å². The Kier molecular flexibility index (Phi) is 5.77. The molecule has 0 aliphatic rings. The van der Waals surface area contributed by atoms with Gasteiger partial charge in [-0.05, 0) is 35.9 Å². The Morgan fingerprint density at radius 3 is 2.24 bits per heavy atom. The lowest BCUT2D eigenvalue weighted by Gasteiger charge is -2.13. The number of nitro groups is 1. The number of non-ortho nitro benzene ring substituents is 1. The first-order valence-corrected chi connectivity index (χ1v) is 7.72. The van der Waals surface area contributed by atoms with Crippen LogP contribution in [-0.4, -0.2) is 36.8 Å². The van der Waals surface area contributed by atoms with Crippen LogP contribution in [0.1, 0.15) is 15.9 Å². The second kappa shape index (κ2) is 7.81. The van der Waals surface area contributed by atoms with Crippen LogP contribution in [0.3, 0.4) is 0 Å². The lowest BCUT2D eigenvalue weighted by atomic mass is 9.97. The Balaban J connectivity index is 2.45. The standard InChI is InChI=1S/C18H17ClN2O4/c1-20(2)11-15(12-4-7-14(8-5-12)21(23)24)18(22)13-6-9-17(25-3)16(19)10-13/h4-11H,1-3H3. The van der Waals surface area contributed by atoms with Gasteiger partial charge in [0.15, 0.2) is 5.78 Å². The Hall–Kier alpha value is -2.86. The van der Waals surface area contributed by atoms with Gasteiger partial charge in [-0.1, -0.05) is 11.6 Å². The molecule has 0 spiro atoms. The summed E-state index contributed by atoms with van der Waals surface area (Å²) in [4.78, 5) is 25.0. The summed E-state index contributed by atoms with van der Waals surface area (Å²) in [6.07, 6.45) is 1.67. The van der Waals surface area contributed by atoms with Crippen LogP contribution < -0.4 is 4.74 Å². The van der Waals surface area contributed by atoms with Gasteiger partial charge >= 0.3 is 0 Å². The van der Waals surface area contributed by atoms with Crippen LogP contribution in [0.4, 0.5) is 5.69 Å². The predicted octanol–water partition coefficient (Wildman–Crippen LogP) is 4.04. The summed E-state index contributed by atoms with van der Waals surface area (Å²) in [5.74, 6) is 0.235. The lowest BCUT2D eigenvalue weighted by molar-refractivity contribution is -0.384. The summed E-state index contributed by atoms with van der Waals surface area (Å²) < 4.78 is 5.10. The topological polar surface area (TPSA) is 72.7 Å². The van der Waals surface area contributed by atoms with E-state index < -0.39 is 4.92 Å². The summed E-state index contributed by atoms with van der Waals surface area (Å²) in [6.45, 7) is 0. The highest BCUT2D eigenvalue weighted by Gasteiger charge is 2.17. The fraction of sp³-hybridized carbons (Fsp3) is 0.167. The quantitative estimate of drug-likeness (QED) is 0.336. The maximum absolute atomic E-state index is 12.9. The van der Waals surface area contributed by atoms with Gasteiger partial charge in [-0.15, -0.1) is 0 Å². The molecular formula is C18H17ClN2O4. The first-order chi connectivity index (χ1) is 11.8. The van der Waals surface area contributed by atoms with Gasteiger partial charge in [0, 0.05) is 43.6 Å². The van der Waals surface area contributed by atoms with Crippen LogP contribution in [0.5, 0.6) is 5.75 Å². The molecule has 0 unspecified atom stereocenters. The van der Waals surface area contributed by atoms with Crippen molar-refractivity contribution < 1.29 is 14.5 Å². The molecule has 0 N–H and O–H groups in total. The number of nitro benzene ring substituents is 1. The minimum atomic E-state index is -0.482. The Labute approximate surface area is 150 Å². The van der Waals surface area contributed by atoms with E-state index in [0.717, 1.165) is 0 Å². The molecule has 0 bridgehead atoms. The molecule has 0 fully saturated rings. The number of allylic oxidation sites excluding steroid dienone is 1. The highest BCUT2D eigenvalue weighted by Crippen LogP contribution is 2.28. The Bertz CT molecular complexity index is 829. The van der Waals surface area contributed by atoms with E-state index in [1.54, 1.807) is 49.5 Å². The molecule has 0 heterocycles. The molecule has 0 atom stereocenters. The highest BCUT2D eigenvalue weighted by atomic mass is 35.5. The molecule has 0 amide bonds. The average Bonchev–Trinajstić information content (AvgIpc) is 2.59. The first kappa shape index (κ1) is 18.5. The minimum absolute atomic E-state index is 0.0344. The van der Waals surface area contributed by atoms with Crippen molar-refractivity contribution in [3.8, 4) is 5.75 Å². The number of ether oxygens (including phenoxy) is 1. The van der Waals surface area contributed by atoms with Gasteiger partial charge in [-0.2, -0.15) is 0 Å². The van der Waals surface area contributed by atoms with Crippen LogP contribution >= 0.6 is 11.6 Å². The van der Waals surface area contributed by atoms with Gasteiger partial charge < -0.3 is 9.64 Å². The Morgan fingerprint density at radius 1 is 1.16 bits per heavy atom. The van der Waals surface area contributed by atoms with Crippen molar-refractivity contribution in [3.05, 3.63) is 74.9 Å². The number of benzene rings is 2. The van der Waals surface area contributed by atoms with Crippen molar-refractivity contribution in [2.24, 2.45) is 0 Å². The summed E-state index contributed by atoms with van der Waals surface area (Å²) in [5, 5.41) is 11.1. The molecule has 2 aromatic rings. The van der Waals surface area contributed by atoms with Crippen LogP contribution in [0.2, 0.25) is 5.02 Å². The molecule has 2 aromatic carbocycles. The third-order valence-corrected chi connectivity index (χ3v) is 3.73. The number of halogens is 1. The number of nitrogens with zero attached hydrogens (tertiary/aromatic N) is 2. The Morgan fingerprint density at radius 2 is 1.76 bits per heavy atom. The first-order valence-electron chi connectivity index (χ1n) is 7.34. The summed E-state index contributed by atoms with van der Waals surface area (Å²) in [5.41, 5.74) is 1.35. The number of hydrogen-bond donors (Lipinski definition) is 0. The molecule has 0 radical (unpaired) electrons. The number of Topliss-reactive ketones (excluding diaryl/α,β-unsaturated/α-hetero) is 1. The van der Waals surface area contributed by atoms with E-state index in [4.69, 9.17) is 16.3 Å². The zero-order valence-corrected chi connectivity index (χ0v) is 14.8. The van der Waals surface area contributed by atoms with Crippen LogP contribution in [0, 0.1) is 10.1 Å². The fourth-order valence-corrected chi connectivity index (χ4v) is 2.51. The minimum Gasteiger partial charge on any atom is -0.495 e. The molecule has 6 nitrogen and oxygen atoms in total. The smallest absolute Gasteiger partial charge is 0.269 e. The summed E-state index contributed by atoms with van der Waals surface area (Å²) in [7, 11) is 5.08. The van der Waals surface area contributed by atoms with E-state index in [9.17, 15) is 14.9 Å². The number of rotatable bonds is 6. The van der Waals surface area contributed by atoms with Gasteiger partial charge in [0.25, 0.3) is 5.69 Å². The predicted molar refractivity (Wildman–Crippen MR) is 97.1 cm³/mol. The third kappa shape index (κ3) is 4.36. The molecular weight excluding hydrogens is 344 g/mol. The van der Waals surface area contributed by atoms with E-state index >= 15 is 0 Å². The van der Waals surface area contributed by atoms with Crippen molar-refractivity contribution in [3.63, 3.8) is 0 Å². The number of carbonyl (C=O) groups excluding carboxylic acids is 1. The average molecular weight is 361 g/mol. The molecule has 0 saturated heterocycles. The second-order valence-electron chi connectivity index (χ2n) is 5.49. The van der Waals surface area contributed by atoms with E-state index in [1.165, 1.54) is 25.3 Å². The van der Waals surface area contributed by atoms with Gasteiger partial charge in [0.05, 0.1) is 17.1 Å². The molecule has 0 aliphatic heterocycles. The lowest BCUT2D eigenvalue weighted by Crippen LogP contribution is -2.09. The van der Waals surface area contributed by atoms with Crippen LogP contribution in [-0.2, 0) is 0 Å². The summed E-state index contributed by atoms with van der Waals surface area (Å²) in [6, 6.07) is 10.6. The summed E-state index contributed by atoms with van der Waals surface area (Å²) >= 11 is 6.10. The second-order valence-corrected chi connectivity index (χ2v) is 5.90. The SMILES string of the molecule is COc1ccc(C(=O)C(=CN(C)C)c2ccc([N+](=O)[O-])cc2)cc1Cl. The van der Waals surface area contributed by atoms with Crippen molar-refractivity contribution in [2.45, 2.75) is 0 Å². The van der Waals surface area contributed by atoms with Gasteiger partial charge in [-0.25, -0.2) is 0 Å². The number of methoxy groups -OCH3 is 1. The van der Waals surface area contributed by atoms with Crippen molar-refractivity contribution >= 4 is 28.6 Å². The van der Waals surface area contributed by atoms with Crippen molar-refractivity contribution in [2.75, 3.05) is 21.2 Å². The van der Waals surface area contributed by atoms with Gasteiger partial charge in [0.2, 0.25) is 0 Å². The van der Waals surface area contributed by atoms with Gasteiger partial charge in [-0.3, -0.25) is 14.9 Å². The highest BCUT2D eigenvalue weighted by molar-refractivity contribution is 6.34. The molecule has 0 aromatic heterocycles. The largest absolute Gasteiger partial charge is 0.495 e. The van der Waals surface area contributed by atoms with E-state index in [-0.39, 0.29) is 11.5 Å². The maximum Gasteiger partial charge on any atom is 0.269 e. The van der Waals surface area contributed by atoms with Crippen molar-refractivity contribution in [1.82, 2.24) is 4.90 Å². The van der Waals surface area contributed by atoms with Crippen LogP contribution in [0.15, 0.2) is 48.7 Å². The molecule has 25 heavy (non-hydrogen) atoms. The third-order valence-electron chi connectivity index (χ3n) is 3.44. The maximum atomic E-state index is 12.9. The number of ketones is 1. The zero-order chi connectivity index (χ0) is 18.6. The fourth-order valence-electron chi connectivity index (χ4n) is 2.25. The number of hydrogen-bond acceptors (Lipinski definition) is 5. The molecule has 2 rings (SSSR count). The van der Waals surface area contributed by atoms with Gasteiger partial charge in [0.1, 0.15) is 5.75 Å². The van der Waals surface area contributed by atoms with E-state index in [2.05, 4.69) is 0 Å². The molecule has 130 valence electrons. The monoisotopic (exact) mass is 360 g/mol.